The van der Waals surface area contributed by atoms with Gasteiger partial charge in [-0.25, -0.2) is 4.79 Å². The summed E-state index contributed by atoms with van der Waals surface area (Å²) >= 11 is 2.19. The molecule has 0 bridgehead atoms. The van der Waals surface area contributed by atoms with Crippen LogP contribution in [0.3, 0.4) is 0 Å². The fourth-order valence-corrected chi connectivity index (χ4v) is 3.27. The third kappa shape index (κ3) is 7.41. The van der Waals surface area contributed by atoms with Crippen molar-refractivity contribution >= 4 is 28.7 Å². The van der Waals surface area contributed by atoms with E-state index in [0.29, 0.717) is 12.2 Å². The van der Waals surface area contributed by atoms with Crippen LogP contribution in [0.5, 0.6) is 0 Å². The summed E-state index contributed by atoms with van der Waals surface area (Å²) < 4.78 is 12.3. The molecule has 0 fully saturated rings. The normalized spacial score (nSPS) is 14.8. The van der Waals surface area contributed by atoms with Gasteiger partial charge in [-0.3, -0.25) is 0 Å². The summed E-state index contributed by atoms with van der Waals surface area (Å²) in [6.07, 6.45) is -1.97. The monoisotopic (exact) mass is 497 g/mol. The zero-order valence-corrected chi connectivity index (χ0v) is 18.8. The van der Waals surface area contributed by atoms with Gasteiger partial charge in [-0.05, 0) is 73.5 Å². The second-order valence-electron chi connectivity index (χ2n) is 7.67. The summed E-state index contributed by atoms with van der Waals surface area (Å²) in [6, 6.07) is 16.7. The Hall–Kier alpha value is -1.64. The van der Waals surface area contributed by atoms with Crippen molar-refractivity contribution in [3.8, 4) is 0 Å². The average Bonchev–Trinajstić information content (AvgIpc) is 2.63. The molecule has 2 N–H and O–H groups in total. The van der Waals surface area contributed by atoms with Gasteiger partial charge in [0.25, 0.3) is 0 Å². The first-order valence-corrected chi connectivity index (χ1v) is 10.3. The molecule has 0 aromatic heterocycles. The van der Waals surface area contributed by atoms with Crippen LogP contribution >= 0.6 is 22.6 Å². The van der Waals surface area contributed by atoms with E-state index >= 15 is 0 Å². The molecule has 2 aromatic rings. The van der Waals surface area contributed by atoms with Crippen LogP contribution in [0.15, 0.2) is 54.6 Å². The largest absolute Gasteiger partial charge is 0.444 e. The van der Waals surface area contributed by atoms with Gasteiger partial charge in [-0.1, -0.05) is 42.5 Å². The third-order valence-electron chi connectivity index (χ3n) is 4.08. The van der Waals surface area contributed by atoms with Gasteiger partial charge in [0.05, 0.1) is 18.8 Å². The van der Waals surface area contributed by atoms with Crippen molar-refractivity contribution in [3.05, 3.63) is 69.3 Å². The molecular formula is C22H28INO4. The van der Waals surface area contributed by atoms with Crippen LogP contribution in [-0.2, 0) is 16.1 Å². The van der Waals surface area contributed by atoms with Crippen LogP contribution in [0.4, 0.5) is 4.79 Å². The van der Waals surface area contributed by atoms with E-state index in [4.69, 9.17) is 9.47 Å². The van der Waals surface area contributed by atoms with E-state index in [9.17, 15) is 9.90 Å². The van der Waals surface area contributed by atoms with E-state index in [1.807, 2.05) is 61.5 Å². The molecule has 0 radical (unpaired) electrons. The number of amides is 1. The number of alkyl carbamates (subject to hydrolysis) is 1. The van der Waals surface area contributed by atoms with Crippen LogP contribution in [-0.4, -0.2) is 28.9 Å². The van der Waals surface area contributed by atoms with Crippen molar-refractivity contribution in [1.29, 1.82) is 0 Å². The zero-order chi connectivity index (χ0) is 20.7. The molecule has 5 nitrogen and oxygen atoms in total. The first-order chi connectivity index (χ1) is 13.2. The minimum atomic E-state index is -0.937. The fourth-order valence-electron chi connectivity index (χ4n) is 2.70. The predicted molar refractivity (Wildman–Crippen MR) is 118 cm³/mol. The van der Waals surface area contributed by atoms with Crippen molar-refractivity contribution < 1.29 is 19.4 Å². The quantitative estimate of drug-likeness (QED) is 0.539. The average molecular weight is 497 g/mol. The van der Waals surface area contributed by atoms with Crippen LogP contribution in [0, 0.1) is 3.57 Å². The van der Waals surface area contributed by atoms with Crippen LogP contribution in [0.1, 0.15) is 44.9 Å². The smallest absolute Gasteiger partial charge is 0.408 e. The Labute approximate surface area is 180 Å². The third-order valence-corrected chi connectivity index (χ3v) is 4.75. The topological polar surface area (TPSA) is 67.8 Å². The number of rotatable bonds is 7. The molecule has 1 amide bonds. The maximum Gasteiger partial charge on any atom is 0.408 e. The van der Waals surface area contributed by atoms with E-state index < -0.39 is 29.9 Å². The highest BCUT2D eigenvalue weighted by atomic mass is 127. The Balaban J connectivity index is 2.15. The van der Waals surface area contributed by atoms with Gasteiger partial charge in [0, 0.05) is 3.57 Å². The molecular weight excluding hydrogens is 469 g/mol. The van der Waals surface area contributed by atoms with Crippen molar-refractivity contribution in [3.63, 3.8) is 0 Å². The van der Waals surface area contributed by atoms with Crippen molar-refractivity contribution in [2.24, 2.45) is 0 Å². The van der Waals surface area contributed by atoms with Gasteiger partial charge in [0.1, 0.15) is 11.7 Å². The Bertz CT molecular complexity index is 761. The first kappa shape index (κ1) is 22.6. The van der Waals surface area contributed by atoms with E-state index in [1.165, 1.54) is 0 Å². The summed E-state index contributed by atoms with van der Waals surface area (Å²) in [6.45, 7) is 7.61. The zero-order valence-electron chi connectivity index (χ0n) is 16.7. The number of aliphatic hydroxyl groups is 1. The van der Waals surface area contributed by atoms with Gasteiger partial charge in [-0.2, -0.15) is 0 Å². The number of nitrogens with one attached hydrogen (secondary N) is 1. The number of carbonyl (C=O) groups excluding carboxylic acids is 1. The lowest BCUT2D eigenvalue weighted by molar-refractivity contribution is -0.0215. The van der Waals surface area contributed by atoms with Crippen LogP contribution in [0.25, 0.3) is 0 Å². The fraction of sp³-hybridized carbons (Fsp3) is 0.409. The summed E-state index contributed by atoms with van der Waals surface area (Å²) in [5.41, 5.74) is 1.10. The molecule has 0 heterocycles. The standard InChI is InChI=1S/C22H28INO4/c1-15(27-14-16-9-6-5-7-10-16)19(24-21(26)28-22(2,3)4)20(25)17-11-8-12-18(23)13-17/h5-13,15,19-20,25H,14H2,1-4H3,(H,24,26)/t15?,19-,20?/m0/s1. The predicted octanol–water partition coefficient (Wildman–Crippen LogP) is 4.82. The Kier molecular flexibility index (Phi) is 8.27. The van der Waals surface area contributed by atoms with E-state index in [1.54, 1.807) is 20.8 Å². The number of hydrogen-bond donors (Lipinski definition) is 2. The maximum atomic E-state index is 12.3. The second-order valence-corrected chi connectivity index (χ2v) is 8.92. The maximum absolute atomic E-state index is 12.3. The molecule has 3 atom stereocenters. The van der Waals surface area contributed by atoms with Crippen LogP contribution < -0.4 is 5.32 Å². The number of aliphatic hydroxyl groups excluding tert-OH is 1. The molecule has 0 aliphatic rings. The van der Waals surface area contributed by atoms with E-state index in [-0.39, 0.29) is 0 Å². The highest BCUT2D eigenvalue weighted by Crippen LogP contribution is 2.23. The number of halogens is 1. The minimum absolute atomic E-state index is 0.382. The molecule has 6 heteroatoms. The first-order valence-electron chi connectivity index (χ1n) is 9.24. The molecule has 0 spiro atoms. The van der Waals surface area contributed by atoms with Crippen molar-refractivity contribution in [2.75, 3.05) is 0 Å². The summed E-state index contributed by atoms with van der Waals surface area (Å²) in [5, 5.41) is 13.8. The molecule has 2 unspecified atom stereocenters. The lowest BCUT2D eigenvalue weighted by atomic mass is 9.98. The van der Waals surface area contributed by atoms with Crippen LogP contribution in [0.2, 0.25) is 0 Å². The van der Waals surface area contributed by atoms with Crippen molar-refractivity contribution in [1.82, 2.24) is 5.32 Å². The number of carbonyl (C=O) groups is 1. The molecule has 0 aliphatic heterocycles. The minimum Gasteiger partial charge on any atom is -0.444 e. The van der Waals surface area contributed by atoms with Gasteiger partial charge in [-0.15, -0.1) is 0 Å². The molecule has 0 saturated carbocycles. The summed E-state index contributed by atoms with van der Waals surface area (Å²) in [5.74, 6) is 0. The highest BCUT2D eigenvalue weighted by Gasteiger charge is 2.31. The molecule has 2 aromatic carbocycles. The van der Waals surface area contributed by atoms with Gasteiger partial charge in [0.15, 0.2) is 0 Å². The lowest BCUT2D eigenvalue weighted by Gasteiger charge is -2.31. The SMILES string of the molecule is CC(OCc1ccccc1)[C@H](NC(=O)OC(C)(C)C)C(O)c1cccc(I)c1. The molecule has 28 heavy (non-hydrogen) atoms. The summed E-state index contributed by atoms with van der Waals surface area (Å²) in [4.78, 5) is 12.3. The second kappa shape index (κ2) is 10.2. The molecule has 0 aliphatic carbocycles. The van der Waals surface area contributed by atoms with Gasteiger partial charge in [0.2, 0.25) is 0 Å². The number of ether oxygens (including phenoxy) is 2. The van der Waals surface area contributed by atoms with Crippen molar-refractivity contribution in [2.45, 2.75) is 58.2 Å². The lowest BCUT2D eigenvalue weighted by Crippen LogP contribution is -2.48. The molecule has 152 valence electrons. The van der Waals surface area contributed by atoms with Gasteiger partial charge >= 0.3 is 6.09 Å². The molecule has 2 rings (SSSR count). The summed E-state index contributed by atoms with van der Waals surface area (Å²) in [7, 11) is 0. The van der Waals surface area contributed by atoms with Gasteiger partial charge < -0.3 is 19.9 Å². The van der Waals surface area contributed by atoms with E-state index in [2.05, 4.69) is 27.9 Å². The molecule has 0 saturated heterocycles. The Morgan fingerprint density at radius 3 is 2.43 bits per heavy atom. The highest BCUT2D eigenvalue weighted by molar-refractivity contribution is 14.1. The number of benzene rings is 2. The number of hydrogen-bond acceptors (Lipinski definition) is 4. The Morgan fingerprint density at radius 2 is 1.82 bits per heavy atom. The Morgan fingerprint density at radius 1 is 1.14 bits per heavy atom. The van der Waals surface area contributed by atoms with E-state index in [0.717, 1.165) is 9.13 Å².